The molecule has 18 heavy (non-hydrogen) atoms. The second kappa shape index (κ2) is 6.72. The summed E-state index contributed by atoms with van der Waals surface area (Å²) in [4.78, 5) is 0.272. The van der Waals surface area contributed by atoms with Crippen LogP contribution >= 0.6 is 0 Å². The van der Waals surface area contributed by atoms with Crippen molar-refractivity contribution in [1.29, 1.82) is 0 Å². The highest BCUT2D eigenvalue weighted by atomic mass is 32.2. The van der Waals surface area contributed by atoms with Crippen LogP contribution in [0.25, 0.3) is 0 Å². The molecule has 0 aliphatic rings. The van der Waals surface area contributed by atoms with Crippen molar-refractivity contribution in [1.82, 2.24) is 4.72 Å². The second-order valence-electron chi connectivity index (χ2n) is 4.03. The smallest absolute Gasteiger partial charge is 0.240 e. The predicted octanol–water partition coefficient (Wildman–Crippen LogP) is 1.43. The Morgan fingerprint density at radius 2 is 1.89 bits per heavy atom. The van der Waals surface area contributed by atoms with Crippen molar-refractivity contribution in [3.05, 3.63) is 24.3 Å². The number of hydrogen-bond acceptors (Lipinski definition) is 4. The zero-order chi connectivity index (χ0) is 13.6. The molecule has 0 radical (unpaired) electrons. The van der Waals surface area contributed by atoms with E-state index in [1.165, 1.54) is 0 Å². The van der Waals surface area contributed by atoms with E-state index in [0.717, 1.165) is 5.69 Å². The summed E-state index contributed by atoms with van der Waals surface area (Å²) in [7, 11) is -1.73. The molecule has 0 saturated carbocycles. The molecule has 0 amide bonds. The van der Waals surface area contributed by atoms with E-state index in [2.05, 4.69) is 10.0 Å². The Morgan fingerprint density at radius 1 is 1.28 bits per heavy atom. The van der Waals surface area contributed by atoms with Gasteiger partial charge in [-0.15, -0.1) is 0 Å². The first-order chi connectivity index (χ1) is 8.49. The van der Waals surface area contributed by atoms with Crippen LogP contribution in [-0.4, -0.2) is 34.7 Å². The first-order valence-electron chi connectivity index (χ1n) is 5.84. The highest BCUT2D eigenvalue weighted by molar-refractivity contribution is 7.89. The van der Waals surface area contributed by atoms with Gasteiger partial charge in [-0.3, -0.25) is 0 Å². The van der Waals surface area contributed by atoms with E-state index in [1.54, 1.807) is 38.3 Å². The molecule has 0 heterocycles. The van der Waals surface area contributed by atoms with Crippen molar-refractivity contribution in [2.24, 2.45) is 0 Å². The van der Waals surface area contributed by atoms with Crippen molar-refractivity contribution >= 4 is 15.7 Å². The van der Waals surface area contributed by atoms with Crippen LogP contribution < -0.4 is 10.0 Å². The van der Waals surface area contributed by atoms with Crippen LogP contribution in [-0.2, 0) is 14.8 Å². The Labute approximate surface area is 109 Å². The first kappa shape index (κ1) is 14.9. The fourth-order valence-electron chi connectivity index (χ4n) is 1.58. The molecular weight excluding hydrogens is 252 g/mol. The van der Waals surface area contributed by atoms with E-state index in [4.69, 9.17) is 4.74 Å². The van der Waals surface area contributed by atoms with Crippen molar-refractivity contribution in [3.63, 3.8) is 0 Å². The van der Waals surface area contributed by atoms with Crippen molar-refractivity contribution in [2.75, 3.05) is 25.6 Å². The van der Waals surface area contributed by atoms with E-state index in [0.29, 0.717) is 13.2 Å². The lowest BCUT2D eigenvalue weighted by molar-refractivity contribution is 0.190. The van der Waals surface area contributed by atoms with Gasteiger partial charge in [0.15, 0.2) is 0 Å². The minimum Gasteiger partial charge on any atom is -0.383 e. The topological polar surface area (TPSA) is 67.4 Å². The molecule has 5 nitrogen and oxygen atoms in total. The molecule has 0 saturated heterocycles. The van der Waals surface area contributed by atoms with Gasteiger partial charge in [-0.2, -0.15) is 0 Å². The fourth-order valence-corrected chi connectivity index (χ4v) is 2.62. The standard InChI is InChI=1S/C12H20N2O3S/c1-4-13-18(15,16)12-7-5-11(6-8-12)14-10(2)9-17-3/h5-8,10,13-14H,4,9H2,1-3H3. The number of anilines is 1. The lowest BCUT2D eigenvalue weighted by atomic mass is 10.3. The normalized spacial score (nSPS) is 13.3. The molecule has 2 N–H and O–H groups in total. The maximum atomic E-state index is 11.7. The summed E-state index contributed by atoms with van der Waals surface area (Å²) in [5, 5.41) is 3.21. The molecule has 1 atom stereocenters. The summed E-state index contributed by atoms with van der Waals surface area (Å²) < 4.78 is 30.9. The van der Waals surface area contributed by atoms with Gasteiger partial charge in [0.25, 0.3) is 0 Å². The minimum absolute atomic E-state index is 0.172. The third-order valence-corrected chi connectivity index (χ3v) is 3.89. The molecule has 0 spiro atoms. The summed E-state index contributed by atoms with van der Waals surface area (Å²) >= 11 is 0. The van der Waals surface area contributed by atoms with E-state index < -0.39 is 10.0 Å². The van der Waals surface area contributed by atoms with E-state index >= 15 is 0 Å². The van der Waals surface area contributed by atoms with Gasteiger partial charge in [0, 0.05) is 25.4 Å². The number of hydrogen-bond donors (Lipinski definition) is 2. The van der Waals surface area contributed by atoms with Gasteiger partial charge >= 0.3 is 0 Å². The molecule has 1 aromatic rings. The molecule has 0 aliphatic carbocycles. The first-order valence-corrected chi connectivity index (χ1v) is 7.33. The van der Waals surface area contributed by atoms with Crippen LogP contribution in [0.5, 0.6) is 0 Å². The molecule has 0 fully saturated rings. The maximum Gasteiger partial charge on any atom is 0.240 e. The molecule has 1 unspecified atom stereocenters. The van der Waals surface area contributed by atoms with Gasteiger partial charge in [-0.05, 0) is 31.2 Å². The Balaban J connectivity index is 2.74. The maximum absolute atomic E-state index is 11.7. The van der Waals surface area contributed by atoms with E-state index in [9.17, 15) is 8.42 Å². The molecular formula is C12H20N2O3S. The van der Waals surface area contributed by atoms with Crippen LogP contribution in [0, 0.1) is 0 Å². The molecule has 1 rings (SSSR count). The molecule has 0 bridgehead atoms. The van der Waals surface area contributed by atoms with Gasteiger partial charge < -0.3 is 10.1 Å². The lowest BCUT2D eigenvalue weighted by Gasteiger charge is -2.14. The third kappa shape index (κ3) is 4.29. The summed E-state index contributed by atoms with van der Waals surface area (Å²) in [6.45, 7) is 4.72. The van der Waals surface area contributed by atoms with Crippen LogP contribution in [0.3, 0.4) is 0 Å². The lowest BCUT2D eigenvalue weighted by Crippen LogP contribution is -2.23. The van der Waals surface area contributed by atoms with Crippen molar-refractivity contribution in [2.45, 2.75) is 24.8 Å². The average molecular weight is 272 g/mol. The van der Waals surface area contributed by atoms with Gasteiger partial charge in [-0.25, -0.2) is 13.1 Å². The number of rotatable bonds is 7. The summed E-state index contributed by atoms with van der Waals surface area (Å²) in [6, 6.07) is 6.83. The van der Waals surface area contributed by atoms with Crippen LogP contribution in [0.1, 0.15) is 13.8 Å². The largest absolute Gasteiger partial charge is 0.383 e. The number of benzene rings is 1. The van der Waals surface area contributed by atoms with Crippen LogP contribution in [0.4, 0.5) is 5.69 Å². The Hall–Kier alpha value is -1.11. The summed E-state index contributed by atoms with van der Waals surface area (Å²) in [5.41, 5.74) is 0.870. The number of sulfonamides is 1. The molecule has 0 aromatic heterocycles. The monoisotopic (exact) mass is 272 g/mol. The van der Waals surface area contributed by atoms with E-state index in [1.807, 2.05) is 6.92 Å². The van der Waals surface area contributed by atoms with E-state index in [-0.39, 0.29) is 10.9 Å². The SMILES string of the molecule is CCNS(=O)(=O)c1ccc(NC(C)COC)cc1. The molecule has 0 aliphatic heterocycles. The number of nitrogens with one attached hydrogen (secondary N) is 2. The van der Waals surface area contributed by atoms with Gasteiger partial charge in [0.05, 0.1) is 11.5 Å². The molecule has 102 valence electrons. The Morgan fingerprint density at radius 3 is 2.39 bits per heavy atom. The van der Waals surface area contributed by atoms with Gasteiger partial charge in [0.2, 0.25) is 10.0 Å². The average Bonchev–Trinajstić information content (AvgIpc) is 2.30. The summed E-state index contributed by atoms with van der Waals surface area (Å²) in [5.74, 6) is 0. The number of methoxy groups -OCH3 is 1. The summed E-state index contributed by atoms with van der Waals surface area (Å²) in [6.07, 6.45) is 0. The zero-order valence-corrected chi connectivity index (χ0v) is 11.8. The highest BCUT2D eigenvalue weighted by Gasteiger charge is 2.12. The van der Waals surface area contributed by atoms with Crippen molar-refractivity contribution in [3.8, 4) is 0 Å². The highest BCUT2D eigenvalue weighted by Crippen LogP contribution is 2.14. The van der Waals surface area contributed by atoms with Crippen LogP contribution in [0.15, 0.2) is 29.2 Å². The Kier molecular flexibility index (Phi) is 5.58. The van der Waals surface area contributed by atoms with Gasteiger partial charge in [0.1, 0.15) is 0 Å². The quantitative estimate of drug-likeness (QED) is 0.788. The van der Waals surface area contributed by atoms with Crippen LogP contribution in [0.2, 0.25) is 0 Å². The Bertz CT molecular complexity index is 457. The number of ether oxygens (including phenoxy) is 1. The van der Waals surface area contributed by atoms with Gasteiger partial charge in [-0.1, -0.05) is 6.92 Å². The fraction of sp³-hybridized carbons (Fsp3) is 0.500. The molecule has 1 aromatic carbocycles. The molecule has 6 heteroatoms. The van der Waals surface area contributed by atoms with Crippen molar-refractivity contribution < 1.29 is 13.2 Å². The zero-order valence-electron chi connectivity index (χ0n) is 10.9. The second-order valence-corrected chi connectivity index (χ2v) is 5.79. The third-order valence-electron chi connectivity index (χ3n) is 2.33. The minimum atomic E-state index is -3.37. The predicted molar refractivity (Wildman–Crippen MR) is 72.3 cm³/mol.